The quantitative estimate of drug-likeness (QED) is 0.341. The zero-order valence-electron chi connectivity index (χ0n) is 17.9. The van der Waals surface area contributed by atoms with Gasteiger partial charge in [0.05, 0.1) is 12.6 Å². The van der Waals surface area contributed by atoms with Crippen molar-refractivity contribution in [3.05, 3.63) is 29.8 Å². The van der Waals surface area contributed by atoms with Crippen LogP contribution in [0.25, 0.3) is 0 Å². The molecule has 2 fully saturated rings. The van der Waals surface area contributed by atoms with Gasteiger partial charge in [-0.1, -0.05) is 0 Å². The number of piperazine rings is 1. The van der Waals surface area contributed by atoms with E-state index in [9.17, 15) is 9.59 Å². The number of aliphatic carboxylic acids is 2. The highest BCUT2D eigenvalue weighted by atomic mass is 16.4. The number of nitrogens with zero attached hydrogens (tertiary/aromatic N) is 3. The van der Waals surface area contributed by atoms with Crippen molar-refractivity contribution in [1.82, 2.24) is 9.80 Å². The third kappa shape index (κ3) is 6.18. The molecule has 2 aliphatic heterocycles. The first-order valence-corrected chi connectivity index (χ1v) is 11.0. The second kappa shape index (κ2) is 10.6. The number of carbonyl (C=O) groups is 2. The van der Waals surface area contributed by atoms with Crippen molar-refractivity contribution in [2.75, 3.05) is 44.2 Å². The summed E-state index contributed by atoms with van der Waals surface area (Å²) >= 11 is 0. The van der Waals surface area contributed by atoms with Crippen LogP contribution in [0.2, 0.25) is 0 Å². The van der Waals surface area contributed by atoms with E-state index in [1.165, 1.54) is 0 Å². The van der Waals surface area contributed by atoms with Gasteiger partial charge in [-0.3, -0.25) is 24.8 Å². The third-order valence-electron chi connectivity index (χ3n) is 6.39. The molecular formula is C22H33N5O4. The number of nitrogen functional groups attached to an aromatic ring is 1. The Morgan fingerprint density at radius 2 is 1.65 bits per heavy atom. The van der Waals surface area contributed by atoms with E-state index < -0.39 is 11.9 Å². The van der Waals surface area contributed by atoms with Crippen LogP contribution in [0.3, 0.4) is 0 Å². The van der Waals surface area contributed by atoms with Crippen molar-refractivity contribution < 1.29 is 19.8 Å². The molecule has 0 bridgehead atoms. The molecule has 5 N–H and O–H groups in total. The van der Waals surface area contributed by atoms with E-state index in [0.717, 1.165) is 51.3 Å². The number of nitrogens with one attached hydrogen (secondary N) is 1. The van der Waals surface area contributed by atoms with Gasteiger partial charge in [0, 0.05) is 50.4 Å². The maximum absolute atomic E-state index is 11.2. The molecule has 2 unspecified atom stereocenters. The largest absolute Gasteiger partial charge is 0.481 e. The first kappa shape index (κ1) is 23.0. The molecule has 0 amide bonds. The molecule has 2 aliphatic rings. The number of carboxylic acids is 2. The Morgan fingerprint density at radius 3 is 2.23 bits per heavy atom. The van der Waals surface area contributed by atoms with Crippen molar-refractivity contribution in [3.63, 3.8) is 0 Å². The minimum absolute atomic E-state index is 0.0579. The minimum atomic E-state index is -0.801. The van der Waals surface area contributed by atoms with Crippen LogP contribution in [0.4, 0.5) is 5.69 Å². The molecule has 31 heavy (non-hydrogen) atoms. The summed E-state index contributed by atoms with van der Waals surface area (Å²) in [6.07, 6.45) is 2.92. The maximum atomic E-state index is 11.2. The summed E-state index contributed by atoms with van der Waals surface area (Å²) in [5.41, 5.74) is 7.34. The second-order valence-corrected chi connectivity index (χ2v) is 8.41. The number of carboxylic acid groups (broad SMARTS) is 2. The molecule has 1 aromatic rings. The lowest BCUT2D eigenvalue weighted by atomic mass is 9.88. The van der Waals surface area contributed by atoms with E-state index in [1.807, 2.05) is 24.3 Å². The van der Waals surface area contributed by atoms with Crippen molar-refractivity contribution in [2.24, 2.45) is 11.7 Å². The van der Waals surface area contributed by atoms with Gasteiger partial charge in [0.15, 0.2) is 0 Å². The average molecular weight is 432 g/mol. The molecule has 1 aromatic carbocycles. The van der Waals surface area contributed by atoms with E-state index in [0.29, 0.717) is 18.5 Å². The Morgan fingerprint density at radius 1 is 1.00 bits per heavy atom. The SMILES string of the molecule is N=C(N)c1ccc(N2CCN(C3C(CCC(=O)O)CCCN3CCC(=O)O)CC2)cc1. The van der Waals surface area contributed by atoms with Gasteiger partial charge in [0.1, 0.15) is 5.84 Å². The van der Waals surface area contributed by atoms with Gasteiger partial charge < -0.3 is 20.8 Å². The molecule has 3 rings (SSSR count). The van der Waals surface area contributed by atoms with Gasteiger partial charge in [0.2, 0.25) is 0 Å². The second-order valence-electron chi connectivity index (χ2n) is 8.41. The standard InChI is InChI=1S/C22H33N5O4/c23-21(24)16-3-6-18(7-4-16)25-12-14-27(15-13-25)22-17(5-8-19(28)29)2-1-10-26(22)11-9-20(30)31/h3-4,6-7,17,22H,1-2,5,8-15H2,(H3,23,24)(H,28,29)(H,30,31). The van der Waals surface area contributed by atoms with Gasteiger partial charge in [-0.15, -0.1) is 0 Å². The molecule has 9 heteroatoms. The van der Waals surface area contributed by atoms with Crippen molar-refractivity contribution >= 4 is 23.5 Å². The molecule has 9 nitrogen and oxygen atoms in total. The van der Waals surface area contributed by atoms with Crippen LogP contribution in [0.5, 0.6) is 0 Å². The van der Waals surface area contributed by atoms with Crippen LogP contribution < -0.4 is 10.6 Å². The Bertz CT molecular complexity index is 751. The molecule has 170 valence electrons. The number of amidine groups is 1. The van der Waals surface area contributed by atoms with Crippen LogP contribution in [0.1, 0.15) is 37.7 Å². The maximum Gasteiger partial charge on any atom is 0.304 e. The van der Waals surface area contributed by atoms with Crippen molar-refractivity contribution in [2.45, 2.75) is 38.3 Å². The monoisotopic (exact) mass is 431 g/mol. The molecule has 2 atom stereocenters. The molecule has 0 aliphatic carbocycles. The highest BCUT2D eigenvalue weighted by Crippen LogP contribution is 2.31. The molecular weight excluding hydrogens is 398 g/mol. The summed E-state index contributed by atoms with van der Waals surface area (Å²) in [6.45, 7) is 4.71. The number of rotatable bonds is 9. The summed E-state index contributed by atoms with van der Waals surface area (Å²) in [5, 5.41) is 25.8. The van der Waals surface area contributed by atoms with E-state index in [4.69, 9.17) is 21.4 Å². The molecule has 2 saturated heterocycles. The van der Waals surface area contributed by atoms with Crippen molar-refractivity contribution in [3.8, 4) is 0 Å². The molecule has 2 heterocycles. The highest BCUT2D eigenvalue weighted by Gasteiger charge is 2.37. The fourth-order valence-corrected chi connectivity index (χ4v) is 4.85. The molecule has 0 spiro atoms. The number of anilines is 1. The van der Waals surface area contributed by atoms with Crippen molar-refractivity contribution in [1.29, 1.82) is 5.41 Å². The van der Waals surface area contributed by atoms with Crippen LogP contribution in [-0.2, 0) is 9.59 Å². The predicted molar refractivity (Wildman–Crippen MR) is 118 cm³/mol. The summed E-state index contributed by atoms with van der Waals surface area (Å²) in [7, 11) is 0. The van der Waals surface area contributed by atoms with Gasteiger partial charge in [-0.05, 0) is 56.0 Å². The van der Waals surface area contributed by atoms with Gasteiger partial charge in [-0.25, -0.2) is 0 Å². The lowest BCUT2D eigenvalue weighted by Gasteiger charge is -2.50. The minimum Gasteiger partial charge on any atom is -0.481 e. The van der Waals surface area contributed by atoms with E-state index in [2.05, 4.69) is 14.7 Å². The number of likely N-dealkylation sites (tertiary alicyclic amines) is 1. The Hall–Kier alpha value is -2.65. The smallest absolute Gasteiger partial charge is 0.304 e. The lowest BCUT2D eigenvalue weighted by Crippen LogP contribution is -2.60. The van der Waals surface area contributed by atoms with Crippen LogP contribution in [0, 0.1) is 11.3 Å². The molecule has 0 aromatic heterocycles. The summed E-state index contributed by atoms with van der Waals surface area (Å²) < 4.78 is 0. The number of benzene rings is 1. The zero-order chi connectivity index (χ0) is 22.4. The van der Waals surface area contributed by atoms with Crippen LogP contribution >= 0.6 is 0 Å². The normalized spacial score (nSPS) is 22.9. The first-order chi connectivity index (χ1) is 14.8. The summed E-state index contributed by atoms with van der Waals surface area (Å²) in [4.78, 5) is 29.3. The fraction of sp³-hybridized carbons (Fsp3) is 0.591. The first-order valence-electron chi connectivity index (χ1n) is 11.0. The number of hydrogen-bond donors (Lipinski definition) is 4. The Kier molecular flexibility index (Phi) is 7.86. The van der Waals surface area contributed by atoms with E-state index in [1.54, 1.807) is 0 Å². The van der Waals surface area contributed by atoms with Crippen LogP contribution in [-0.4, -0.2) is 83.2 Å². The van der Waals surface area contributed by atoms with E-state index in [-0.39, 0.29) is 30.8 Å². The average Bonchev–Trinajstić information content (AvgIpc) is 2.76. The molecule has 0 radical (unpaired) electrons. The van der Waals surface area contributed by atoms with Gasteiger partial charge in [0.25, 0.3) is 0 Å². The van der Waals surface area contributed by atoms with Crippen LogP contribution in [0.15, 0.2) is 24.3 Å². The summed E-state index contributed by atoms with van der Waals surface area (Å²) in [6, 6.07) is 7.70. The molecule has 0 saturated carbocycles. The zero-order valence-corrected chi connectivity index (χ0v) is 17.9. The predicted octanol–water partition coefficient (Wildman–Crippen LogP) is 1.47. The number of nitrogens with two attached hydrogens (primary N) is 1. The Labute approximate surface area is 182 Å². The van der Waals surface area contributed by atoms with Gasteiger partial charge in [-0.2, -0.15) is 0 Å². The fourth-order valence-electron chi connectivity index (χ4n) is 4.85. The third-order valence-corrected chi connectivity index (χ3v) is 6.39. The highest BCUT2D eigenvalue weighted by molar-refractivity contribution is 5.95. The Balaban J connectivity index is 1.67. The lowest BCUT2D eigenvalue weighted by molar-refractivity contribution is -0.138. The number of hydrogen-bond acceptors (Lipinski definition) is 6. The van der Waals surface area contributed by atoms with E-state index >= 15 is 0 Å². The number of piperidine rings is 1. The van der Waals surface area contributed by atoms with Gasteiger partial charge >= 0.3 is 11.9 Å². The summed E-state index contributed by atoms with van der Waals surface area (Å²) in [5.74, 6) is -1.28. The topological polar surface area (TPSA) is 134 Å².